The fourth-order valence-electron chi connectivity index (χ4n) is 5.72. The Bertz CT molecular complexity index is 1790. The number of nitrogens with zero attached hydrogens (tertiary/aromatic N) is 3. The van der Waals surface area contributed by atoms with Crippen molar-refractivity contribution in [3.8, 4) is 16.9 Å². The standard InChI is InChI=1S/C31H26ClN3O3/c1-34-18-33-17-29(34)31(37)21-5-9-27(32)20(13-21)11-12-38-24-4-2-3-19(14-24)25-16-30(36)35(23-7-8-23)28-10-6-22(31)15-26(25)28/h2-6,9-10,13-18,23,37H,7-8,11-12H2,1H3. The van der Waals surface area contributed by atoms with Crippen LogP contribution in [0.1, 0.15) is 41.3 Å². The topological polar surface area (TPSA) is 69.3 Å². The maximum absolute atomic E-state index is 13.4. The van der Waals surface area contributed by atoms with E-state index in [1.165, 1.54) is 0 Å². The largest absolute Gasteiger partial charge is 0.493 e. The summed E-state index contributed by atoms with van der Waals surface area (Å²) in [6, 6.07) is 21.3. The quantitative estimate of drug-likeness (QED) is 0.326. The molecule has 1 aliphatic heterocycles. The molecule has 3 aromatic carbocycles. The van der Waals surface area contributed by atoms with Crippen molar-refractivity contribution in [2.75, 3.05) is 6.61 Å². The van der Waals surface area contributed by atoms with Gasteiger partial charge >= 0.3 is 0 Å². The molecule has 7 heteroatoms. The smallest absolute Gasteiger partial charge is 0.251 e. The highest BCUT2D eigenvalue weighted by molar-refractivity contribution is 6.31. The zero-order chi connectivity index (χ0) is 26.0. The molecule has 3 heterocycles. The number of aliphatic hydroxyl groups is 1. The lowest BCUT2D eigenvalue weighted by atomic mass is 9.81. The van der Waals surface area contributed by atoms with Crippen molar-refractivity contribution in [3.63, 3.8) is 0 Å². The van der Waals surface area contributed by atoms with Crippen LogP contribution in [0, 0.1) is 0 Å². The average Bonchev–Trinajstić information content (AvgIpc) is 3.66. The highest BCUT2D eigenvalue weighted by atomic mass is 35.5. The molecule has 0 amide bonds. The number of fused-ring (bicyclic) bond motifs is 6. The van der Waals surface area contributed by atoms with Gasteiger partial charge in [0, 0.05) is 36.0 Å². The van der Waals surface area contributed by atoms with E-state index >= 15 is 0 Å². The molecule has 1 atom stereocenters. The fraction of sp³-hybridized carbons (Fsp3) is 0.226. The van der Waals surface area contributed by atoms with Gasteiger partial charge in [-0.3, -0.25) is 4.79 Å². The second-order valence-electron chi connectivity index (χ2n) is 10.3. The maximum atomic E-state index is 13.4. The monoisotopic (exact) mass is 523 g/mol. The Morgan fingerprint density at radius 1 is 1.05 bits per heavy atom. The highest BCUT2D eigenvalue weighted by Crippen LogP contribution is 2.42. The van der Waals surface area contributed by atoms with Gasteiger partial charge in [0.25, 0.3) is 5.56 Å². The molecule has 190 valence electrons. The van der Waals surface area contributed by atoms with E-state index in [0.29, 0.717) is 34.9 Å². The molecule has 0 radical (unpaired) electrons. The van der Waals surface area contributed by atoms with E-state index < -0.39 is 5.60 Å². The van der Waals surface area contributed by atoms with Crippen LogP contribution >= 0.6 is 11.6 Å². The number of hydrogen-bond acceptors (Lipinski definition) is 4. The third kappa shape index (κ3) is 3.59. The van der Waals surface area contributed by atoms with Crippen molar-refractivity contribution in [1.82, 2.24) is 14.1 Å². The van der Waals surface area contributed by atoms with Crippen LogP contribution in [0.5, 0.6) is 5.75 Å². The van der Waals surface area contributed by atoms with Gasteiger partial charge in [0.2, 0.25) is 0 Å². The number of benzene rings is 3. The van der Waals surface area contributed by atoms with Crippen molar-refractivity contribution in [1.29, 1.82) is 0 Å². The molecule has 1 saturated carbocycles. The van der Waals surface area contributed by atoms with Crippen LogP contribution in [-0.4, -0.2) is 25.8 Å². The van der Waals surface area contributed by atoms with Gasteiger partial charge in [-0.05, 0) is 71.0 Å². The van der Waals surface area contributed by atoms with E-state index in [1.807, 2.05) is 76.8 Å². The van der Waals surface area contributed by atoms with Gasteiger partial charge in [0.05, 0.1) is 30.3 Å². The summed E-state index contributed by atoms with van der Waals surface area (Å²) in [6.45, 7) is 0.417. The molecular weight excluding hydrogens is 498 g/mol. The summed E-state index contributed by atoms with van der Waals surface area (Å²) in [5, 5.41) is 14.2. The van der Waals surface area contributed by atoms with E-state index in [1.54, 1.807) is 18.6 Å². The minimum Gasteiger partial charge on any atom is -0.493 e. The van der Waals surface area contributed by atoms with Crippen LogP contribution in [0.4, 0.5) is 0 Å². The SMILES string of the molecule is Cn1cncc1C1(O)c2ccc(Cl)c(c2)CCOc2cccc(c2)-c2cc(=O)n(C3CC3)c3ccc1cc23. The van der Waals surface area contributed by atoms with E-state index in [0.717, 1.165) is 46.2 Å². The second kappa shape index (κ2) is 8.58. The maximum Gasteiger partial charge on any atom is 0.251 e. The number of halogens is 1. The summed E-state index contributed by atoms with van der Waals surface area (Å²) in [7, 11) is 1.87. The Hall–Kier alpha value is -3.87. The summed E-state index contributed by atoms with van der Waals surface area (Å²) >= 11 is 6.60. The lowest BCUT2D eigenvalue weighted by Crippen LogP contribution is -2.31. The van der Waals surface area contributed by atoms with E-state index in [2.05, 4.69) is 4.98 Å². The molecule has 1 N–H and O–H groups in total. The molecule has 2 aliphatic rings. The van der Waals surface area contributed by atoms with Gasteiger partial charge in [0.1, 0.15) is 5.75 Å². The summed E-state index contributed by atoms with van der Waals surface area (Å²) in [6.07, 6.45) is 5.93. The zero-order valence-corrected chi connectivity index (χ0v) is 21.7. The van der Waals surface area contributed by atoms with Crippen molar-refractivity contribution in [2.24, 2.45) is 7.05 Å². The number of hydrogen-bond donors (Lipinski definition) is 1. The van der Waals surface area contributed by atoms with Crippen LogP contribution in [0.3, 0.4) is 0 Å². The van der Waals surface area contributed by atoms with Crippen LogP contribution in [0.15, 0.2) is 84.0 Å². The minimum absolute atomic E-state index is 0.0144. The first-order valence-corrected chi connectivity index (χ1v) is 13.2. The fourth-order valence-corrected chi connectivity index (χ4v) is 5.93. The predicted octanol–water partition coefficient (Wildman–Crippen LogP) is 5.61. The molecule has 7 rings (SSSR count). The van der Waals surface area contributed by atoms with E-state index in [4.69, 9.17) is 16.3 Å². The van der Waals surface area contributed by atoms with E-state index in [-0.39, 0.29) is 11.6 Å². The molecule has 0 saturated heterocycles. The summed E-state index contributed by atoms with van der Waals surface area (Å²) in [5.41, 5.74) is 3.94. The molecule has 1 aliphatic carbocycles. The number of rotatable bonds is 2. The normalized spacial score (nSPS) is 18.8. The molecule has 38 heavy (non-hydrogen) atoms. The van der Waals surface area contributed by atoms with Gasteiger partial charge in [0.15, 0.2) is 5.60 Å². The molecule has 1 fully saturated rings. The number of imidazole rings is 1. The minimum atomic E-state index is -1.51. The first-order valence-electron chi connectivity index (χ1n) is 12.8. The Labute approximate surface area is 224 Å². The van der Waals surface area contributed by atoms with Crippen molar-refractivity contribution in [2.45, 2.75) is 30.9 Å². The van der Waals surface area contributed by atoms with Gasteiger partial charge < -0.3 is 19.0 Å². The van der Waals surface area contributed by atoms with Crippen LogP contribution < -0.4 is 10.3 Å². The van der Waals surface area contributed by atoms with Crippen molar-refractivity contribution in [3.05, 3.63) is 117 Å². The number of aromatic nitrogens is 3. The molecule has 6 bridgehead atoms. The van der Waals surface area contributed by atoms with Gasteiger partial charge in [-0.25, -0.2) is 4.98 Å². The predicted molar refractivity (Wildman–Crippen MR) is 148 cm³/mol. The van der Waals surface area contributed by atoms with Crippen molar-refractivity contribution < 1.29 is 9.84 Å². The Kier molecular flexibility index (Phi) is 5.25. The van der Waals surface area contributed by atoms with E-state index in [9.17, 15) is 9.90 Å². The summed E-state index contributed by atoms with van der Waals surface area (Å²) in [4.78, 5) is 17.7. The summed E-state index contributed by atoms with van der Waals surface area (Å²) < 4.78 is 9.85. The first kappa shape index (κ1) is 23.3. The second-order valence-corrected chi connectivity index (χ2v) is 10.7. The van der Waals surface area contributed by atoms with Gasteiger partial charge in [-0.1, -0.05) is 41.9 Å². The van der Waals surface area contributed by atoms with Crippen LogP contribution in [0.2, 0.25) is 5.02 Å². The van der Waals surface area contributed by atoms with Gasteiger partial charge in [-0.2, -0.15) is 0 Å². The Morgan fingerprint density at radius 2 is 1.87 bits per heavy atom. The molecule has 1 unspecified atom stereocenters. The molecular formula is C31H26ClN3O3. The third-order valence-electron chi connectivity index (χ3n) is 7.82. The molecule has 2 aromatic heterocycles. The van der Waals surface area contributed by atoms with Crippen LogP contribution in [0.25, 0.3) is 22.0 Å². The number of aryl methyl sites for hydroxylation is 1. The molecule has 5 aromatic rings. The number of pyridine rings is 1. The first-order chi connectivity index (χ1) is 18.4. The Morgan fingerprint density at radius 3 is 2.66 bits per heavy atom. The Balaban J connectivity index is 1.60. The average molecular weight is 524 g/mol. The van der Waals surface area contributed by atoms with Crippen molar-refractivity contribution >= 4 is 22.5 Å². The number of ether oxygens (including phenoxy) is 1. The zero-order valence-electron chi connectivity index (χ0n) is 20.9. The molecule has 6 nitrogen and oxygen atoms in total. The molecule has 0 spiro atoms. The highest BCUT2D eigenvalue weighted by Gasteiger charge is 2.38. The van der Waals surface area contributed by atoms with Crippen LogP contribution in [-0.2, 0) is 19.1 Å². The summed E-state index contributed by atoms with van der Waals surface area (Å²) in [5.74, 6) is 0.730. The lowest BCUT2D eigenvalue weighted by molar-refractivity contribution is 0.117. The van der Waals surface area contributed by atoms with Gasteiger partial charge in [-0.15, -0.1) is 0 Å². The lowest BCUT2D eigenvalue weighted by Gasteiger charge is -2.31. The third-order valence-corrected chi connectivity index (χ3v) is 8.19.